The normalized spacial score (nSPS) is 22.5. The Balaban J connectivity index is 1.94. The number of nitrogens with one attached hydrogen (secondary N) is 1. The largest absolute Gasteiger partial charge is 0.491 e. The Labute approximate surface area is 195 Å². The second kappa shape index (κ2) is 11.2. The number of carbonyl (C=O) groups is 2. The summed E-state index contributed by atoms with van der Waals surface area (Å²) < 4.78 is 12.0. The number of ether oxygens (including phenoxy) is 2. The van der Waals surface area contributed by atoms with Crippen LogP contribution in [0.2, 0.25) is 0 Å². The van der Waals surface area contributed by atoms with Gasteiger partial charge in [0, 0.05) is 76.5 Å². The summed E-state index contributed by atoms with van der Waals surface area (Å²) in [6, 6.07) is 5.14. The number of aromatic nitrogens is 2. The summed E-state index contributed by atoms with van der Waals surface area (Å²) in [5, 5.41) is 2.75. The van der Waals surface area contributed by atoms with Crippen LogP contribution < -0.4 is 10.1 Å². The Bertz CT molecular complexity index is 955. The molecule has 2 heterocycles. The Morgan fingerprint density at radius 1 is 1.24 bits per heavy atom. The van der Waals surface area contributed by atoms with Crippen molar-refractivity contribution in [2.45, 2.75) is 39.5 Å². The second-order valence-electron chi connectivity index (χ2n) is 8.67. The van der Waals surface area contributed by atoms with Gasteiger partial charge in [-0.1, -0.05) is 6.92 Å². The van der Waals surface area contributed by atoms with E-state index in [1.165, 1.54) is 13.3 Å². The molecule has 9 nitrogen and oxygen atoms in total. The van der Waals surface area contributed by atoms with Gasteiger partial charge < -0.3 is 19.7 Å². The first-order valence-electron chi connectivity index (χ1n) is 11.1. The van der Waals surface area contributed by atoms with Crippen LogP contribution in [0.25, 0.3) is 0 Å². The van der Waals surface area contributed by atoms with Crippen molar-refractivity contribution in [2.75, 3.05) is 39.2 Å². The minimum atomic E-state index is -0.187. The zero-order chi connectivity index (χ0) is 24.0. The van der Waals surface area contributed by atoms with Gasteiger partial charge in [-0.05, 0) is 25.0 Å². The monoisotopic (exact) mass is 455 g/mol. The first-order chi connectivity index (χ1) is 15.8. The second-order valence-corrected chi connectivity index (χ2v) is 8.67. The maximum Gasteiger partial charge on any atom is 0.257 e. The summed E-state index contributed by atoms with van der Waals surface area (Å²) >= 11 is 0. The molecule has 1 aliphatic rings. The highest BCUT2D eigenvalue weighted by atomic mass is 16.5. The van der Waals surface area contributed by atoms with Gasteiger partial charge in [-0.3, -0.25) is 14.5 Å². The highest BCUT2D eigenvalue weighted by molar-refractivity contribution is 5.98. The van der Waals surface area contributed by atoms with E-state index in [-0.39, 0.29) is 29.9 Å². The fourth-order valence-electron chi connectivity index (χ4n) is 3.99. The molecule has 9 heteroatoms. The molecular weight excluding hydrogens is 422 g/mol. The molecule has 0 saturated carbocycles. The minimum absolute atomic E-state index is 0.0368. The molecule has 0 unspecified atom stereocenters. The Morgan fingerprint density at radius 2 is 1.97 bits per heavy atom. The van der Waals surface area contributed by atoms with E-state index < -0.39 is 0 Å². The van der Waals surface area contributed by atoms with Crippen molar-refractivity contribution >= 4 is 17.5 Å². The van der Waals surface area contributed by atoms with Crippen molar-refractivity contribution in [3.05, 3.63) is 48.0 Å². The third-order valence-electron chi connectivity index (χ3n) is 5.90. The van der Waals surface area contributed by atoms with Crippen LogP contribution in [-0.4, -0.2) is 77.6 Å². The van der Waals surface area contributed by atoms with Gasteiger partial charge in [0.1, 0.15) is 18.7 Å². The highest BCUT2D eigenvalue weighted by Gasteiger charge is 2.28. The molecule has 0 fully saturated rings. The lowest BCUT2D eigenvalue weighted by Crippen LogP contribution is -2.46. The molecule has 33 heavy (non-hydrogen) atoms. The lowest BCUT2D eigenvalue weighted by atomic mass is 10.0. The molecule has 2 amide bonds. The Kier molecular flexibility index (Phi) is 8.35. The van der Waals surface area contributed by atoms with Crippen molar-refractivity contribution in [1.29, 1.82) is 0 Å². The fourth-order valence-corrected chi connectivity index (χ4v) is 3.99. The number of methoxy groups -OCH3 is 1. The molecule has 1 N–H and O–H groups in total. The molecule has 2 aromatic rings. The summed E-state index contributed by atoms with van der Waals surface area (Å²) in [5.74, 6) is 0.266. The van der Waals surface area contributed by atoms with Crippen LogP contribution in [0.1, 0.15) is 36.7 Å². The smallest absolute Gasteiger partial charge is 0.257 e. The first kappa shape index (κ1) is 24.6. The van der Waals surface area contributed by atoms with Crippen LogP contribution in [0, 0.1) is 5.92 Å². The predicted octanol–water partition coefficient (Wildman–Crippen LogP) is 2.44. The van der Waals surface area contributed by atoms with Gasteiger partial charge >= 0.3 is 0 Å². The van der Waals surface area contributed by atoms with Crippen molar-refractivity contribution < 1.29 is 19.1 Å². The number of fused-ring (bicyclic) bond motifs is 1. The predicted molar refractivity (Wildman–Crippen MR) is 125 cm³/mol. The lowest BCUT2D eigenvalue weighted by molar-refractivity contribution is -0.114. The van der Waals surface area contributed by atoms with Crippen LogP contribution in [0.15, 0.2) is 36.9 Å². The number of nitrogens with zero attached hydrogens (tertiary/aromatic N) is 4. The Hall–Kier alpha value is -3.04. The summed E-state index contributed by atoms with van der Waals surface area (Å²) in [6.07, 6.45) is 5.02. The van der Waals surface area contributed by atoms with Crippen molar-refractivity contribution in [1.82, 2.24) is 19.8 Å². The zero-order valence-electron chi connectivity index (χ0n) is 19.9. The third kappa shape index (κ3) is 6.49. The van der Waals surface area contributed by atoms with Gasteiger partial charge in [0.05, 0.1) is 11.7 Å². The van der Waals surface area contributed by atoms with E-state index in [1.54, 1.807) is 37.3 Å². The zero-order valence-corrected chi connectivity index (χ0v) is 19.9. The van der Waals surface area contributed by atoms with Crippen molar-refractivity contribution in [3.8, 4) is 5.75 Å². The number of hydrogen-bond donors (Lipinski definition) is 1. The molecule has 3 rings (SSSR count). The maximum atomic E-state index is 13.2. The van der Waals surface area contributed by atoms with Crippen LogP contribution in [-0.2, 0) is 16.1 Å². The summed E-state index contributed by atoms with van der Waals surface area (Å²) in [6.45, 7) is 7.89. The molecule has 1 aromatic carbocycles. The van der Waals surface area contributed by atoms with Gasteiger partial charge in [0.2, 0.25) is 5.91 Å². The number of anilines is 1. The first-order valence-corrected chi connectivity index (χ1v) is 11.1. The Morgan fingerprint density at radius 3 is 2.64 bits per heavy atom. The molecule has 1 aromatic heterocycles. The van der Waals surface area contributed by atoms with Crippen LogP contribution in [0.3, 0.4) is 0 Å². The average molecular weight is 456 g/mol. The standard InChI is InChI=1S/C24H33N5O4/c1-16-11-29(12-19-9-25-15-26-10-19)17(2)14-33-22-8-20(27-18(3)30)6-7-21(22)24(31)28(4)13-23(16)32-5/h6-10,15-17,23H,11-14H2,1-5H3,(H,27,30)/t16-,17-,23-/m0/s1. The van der Waals surface area contributed by atoms with Crippen LogP contribution in [0.5, 0.6) is 5.75 Å². The van der Waals surface area contributed by atoms with E-state index in [0.29, 0.717) is 36.7 Å². The topological polar surface area (TPSA) is 96.9 Å². The number of likely N-dealkylation sites (N-methyl/N-ethyl adjacent to an activating group) is 1. The lowest BCUT2D eigenvalue weighted by Gasteiger charge is -2.36. The van der Waals surface area contributed by atoms with Gasteiger partial charge in [0.25, 0.3) is 5.91 Å². The fraction of sp³-hybridized carbons (Fsp3) is 0.500. The summed E-state index contributed by atoms with van der Waals surface area (Å²) in [4.78, 5) is 37.0. The van der Waals surface area contributed by atoms with Gasteiger partial charge in [-0.2, -0.15) is 0 Å². The van der Waals surface area contributed by atoms with Crippen molar-refractivity contribution in [2.24, 2.45) is 5.92 Å². The summed E-state index contributed by atoms with van der Waals surface area (Å²) in [7, 11) is 3.45. The highest BCUT2D eigenvalue weighted by Crippen LogP contribution is 2.27. The van der Waals surface area contributed by atoms with E-state index in [9.17, 15) is 9.59 Å². The molecule has 0 aliphatic carbocycles. The molecule has 0 radical (unpaired) electrons. The van der Waals surface area contributed by atoms with Gasteiger partial charge in [-0.15, -0.1) is 0 Å². The van der Waals surface area contributed by atoms with E-state index in [2.05, 4.69) is 34.0 Å². The number of hydrogen-bond acceptors (Lipinski definition) is 7. The van der Waals surface area contributed by atoms with Gasteiger partial charge in [0.15, 0.2) is 0 Å². The van der Waals surface area contributed by atoms with E-state index in [0.717, 1.165) is 12.1 Å². The quantitative estimate of drug-likeness (QED) is 0.756. The van der Waals surface area contributed by atoms with E-state index >= 15 is 0 Å². The summed E-state index contributed by atoms with van der Waals surface area (Å²) in [5.41, 5.74) is 2.04. The molecule has 178 valence electrons. The minimum Gasteiger partial charge on any atom is -0.491 e. The maximum absolute atomic E-state index is 13.2. The van der Waals surface area contributed by atoms with E-state index in [4.69, 9.17) is 9.47 Å². The molecule has 1 aliphatic heterocycles. The number of amides is 2. The van der Waals surface area contributed by atoms with Crippen LogP contribution in [0.4, 0.5) is 5.69 Å². The number of benzene rings is 1. The number of carbonyl (C=O) groups excluding carboxylic acids is 2. The molecule has 0 bridgehead atoms. The van der Waals surface area contributed by atoms with E-state index in [1.807, 2.05) is 12.4 Å². The molecule has 0 saturated heterocycles. The van der Waals surface area contributed by atoms with Gasteiger partial charge in [-0.25, -0.2) is 9.97 Å². The van der Waals surface area contributed by atoms with Crippen LogP contribution >= 0.6 is 0 Å². The molecule has 0 spiro atoms. The van der Waals surface area contributed by atoms with Crippen molar-refractivity contribution in [3.63, 3.8) is 0 Å². The third-order valence-corrected chi connectivity index (χ3v) is 5.90. The molecular formula is C24H33N5O4. The number of rotatable bonds is 4. The SMILES string of the molecule is CO[C@H]1CN(C)C(=O)c2ccc(NC(C)=O)cc2OC[C@H](C)N(Cc2cncnc2)C[C@@H]1C. The molecule has 3 atom stereocenters. The average Bonchev–Trinajstić information content (AvgIpc) is 2.79.